The topological polar surface area (TPSA) is 444 Å². The van der Waals surface area contributed by atoms with E-state index in [0.717, 1.165) is 0 Å². The Hall–Kier alpha value is -5.70. The van der Waals surface area contributed by atoms with Gasteiger partial charge in [-0.25, -0.2) is 4.79 Å². The molecule has 0 unspecified atom stereocenters. The molecule has 1 saturated heterocycles. The number of carboxylic acids is 1. The van der Waals surface area contributed by atoms with E-state index in [-0.39, 0.29) is 51.2 Å². The molecule has 0 aliphatic carbocycles. The molecule has 1 rings (SSSR count). The van der Waals surface area contributed by atoms with E-state index in [1.807, 2.05) is 0 Å². The normalized spacial score (nSPS) is 16.7. The molecule has 0 spiro atoms. The molecule has 63 heavy (non-hydrogen) atoms. The van der Waals surface area contributed by atoms with E-state index in [9.17, 15) is 58.5 Å². The fraction of sp³-hybridized carbons (Fsp3) is 0.730. The van der Waals surface area contributed by atoms with E-state index < -0.39 is 121 Å². The average Bonchev–Trinajstić information content (AvgIpc) is 3.73. The van der Waals surface area contributed by atoms with Crippen LogP contribution in [0.3, 0.4) is 0 Å². The van der Waals surface area contributed by atoms with Crippen molar-refractivity contribution in [3.8, 4) is 0 Å². The van der Waals surface area contributed by atoms with Gasteiger partial charge in [0.25, 0.3) is 0 Å². The first-order valence-corrected chi connectivity index (χ1v) is 20.9. The highest BCUT2D eigenvalue weighted by Gasteiger charge is 2.38. The Labute approximate surface area is 365 Å². The highest BCUT2D eigenvalue weighted by molar-refractivity contribution is 5.97. The van der Waals surface area contributed by atoms with Gasteiger partial charge in [0.15, 0.2) is 5.96 Å². The third-order valence-corrected chi connectivity index (χ3v) is 9.78. The number of nitrogens with one attached hydrogen (secondary N) is 7. The van der Waals surface area contributed by atoms with Crippen LogP contribution >= 0.6 is 0 Å². The SMILES string of the molecule is C[C@H](NC(=O)[C@H](CCCCN)NC(=O)CNC(=O)CNC(=O)[C@@H](NC(=O)[C@H](CO)NC(=O)[C@@H](N)CCCCN)[C@@H](C)O)C(=O)N1CCC[C@H]1C(=O)N[C@@H](CCCN=C(N)N)C(=O)O. The lowest BCUT2D eigenvalue weighted by molar-refractivity contribution is -0.145. The van der Waals surface area contributed by atoms with Crippen LogP contribution < -0.4 is 65.9 Å². The van der Waals surface area contributed by atoms with Gasteiger partial charge >= 0.3 is 5.97 Å². The third-order valence-electron chi connectivity index (χ3n) is 9.78. The second kappa shape index (κ2) is 29.6. The zero-order valence-electron chi connectivity index (χ0n) is 35.9. The van der Waals surface area contributed by atoms with Crippen molar-refractivity contribution in [3.05, 3.63) is 0 Å². The van der Waals surface area contributed by atoms with Crippen molar-refractivity contribution in [1.29, 1.82) is 0 Å². The summed E-state index contributed by atoms with van der Waals surface area (Å²) in [7, 11) is 0. The van der Waals surface area contributed by atoms with Crippen molar-refractivity contribution < 1.29 is 58.5 Å². The second-order valence-corrected chi connectivity index (χ2v) is 15.0. The number of carbonyl (C=O) groups excluding carboxylic acids is 8. The minimum Gasteiger partial charge on any atom is -0.480 e. The van der Waals surface area contributed by atoms with Crippen LogP contribution in [0.1, 0.15) is 78.1 Å². The molecule has 0 bridgehead atoms. The Morgan fingerprint density at radius 2 is 1.32 bits per heavy atom. The number of rotatable bonds is 30. The van der Waals surface area contributed by atoms with Gasteiger partial charge in [0.2, 0.25) is 47.3 Å². The molecule has 20 N–H and O–H groups in total. The minimum absolute atomic E-state index is 0.0266. The van der Waals surface area contributed by atoms with E-state index >= 15 is 0 Å². The lowest BCUT2D eigenvalue weighted by Crippen LogP contribution is -2.59. The number of carboxylic acid groups (broad SMARTS) is 1. The van der Waals surface area contributed by atoms with Crippen LogP contribution in [0.4, 0.5) is 0 Å². The Balaban J connectivity index is 2.79. The lowest BCUT2D eigenvalue weighted by atomic mass is 10.1. The van der Waals surface area contributed by atoms with Crippen molar-refractivity contribution in [2.75, 3.05) is 45.9 Å². The first kappa shape index (κ1) is 55.3. The van der Waals surface area contributed by atoms with Gasteiger partial charge in [0, 0.05) is 13.1 Å². The Kier molecular flexibility index (Phi) is 26.0. The van der Waals surface area contributed by atoms with Crippen molar-refractivity contribution in [1.82, 2.24) is 42.1 Å². The van der Waals surface area contributed by atoms with Crippen molar-refractivity contribution >= 4 is 59.2 Å². The predicted octanol–water partition coefficient (Wildman–Crippen LogP) is -7.25. The molecule has 0 aromatic rings. The molecule has 358 valence electrons. The molecule has 26 heteroatoms. The van der Waals surface area contributed by atoms with E-state index in [1.165, 1.54) is 18.7 Å². The van der Waals surface area contributed by atoms with Gasteiger partial charge in [-0.2, -0.15) is 0 Å². The van der Waals surface area contributed by atoms with Crippen molar-refractivity contribution in [2.45, 2.75) is 126 Å². The number of unbranched alkanes of at least 4 members (excludes halogenated alkanes) is 2. The molecule has 1 aliphatic heterocycles. The lowest BCUT2D eigenvalue weighted by Gasteiger charge is -2.29. The van der Waals surface area contributed by atoms with E-state index in [1.54, 1.807) is 0 Å². The van der Waals surface area contributed by atoms with Crippen LogP contribution in [0.25, 0.3) is 0 Å². The smallest absolute Gasteiger partial charge is 0.326 e. The van der Waals surface area contributed by atoms with Crippen LogP contribution in [-0.4, -0.2) is 174 Å². The fourth-order valence-electron chi connectivity index (χ4n) is 6.25. The van der Waals surface area contributed by atoms with Crippen LogP contribution in [0, 0.1) is 0 Å². The number of hydrogen-bond acceptors (Lipinski definition) is 15. The number of amides is 8. The van der Waals surface area contributed by atoms with Gasteiger partial charge in [-0.15, -0.1) is 0 Å². The van der Waals surface area contributed by atoms with Gasteiger partial charge in [-0.3, -0.25) is 43.3 Å². The number of carbonyl (C=O) groups is 9. The summed E-state index contributed by atoms with van der Waals surface area (Å²) in [5, 5.41) is 46.0. The maximum Gasteiger partial charge on any atom is 0.326 e. The molecule has 0 radical (unpaired) electrons. The Bertz CT molecular complexity index is 1580. The van der Waals surface area contributed by atoms with Crippen LogP contribution in [0.2, 0.25) is 0 Å². The number of aliphatic hydroxyl groups excluding tert-OH is 2. The fourth-order valence-corrected chi connectivity index (χ4v) is 6.25. The van der Waals surface area contributed by atoms with E-state index in [4.69, 9.17) is 28.7 Å². The quantitative estimate of drug-likeness (QED) is 0.0181. The van der Waals surface area contributed by atoms with Gasteiger partial charge in [0.05, 0.1) is 31.8 Å². The first-order valence-electron chi connectivity index (χ1n) is 20.9. The van der Waals surface area contributed by atoms with E-state index in [0.29, 0.717) is 45.2 Å². The summed E-state index contributed by atoms with van der Waals surface area (Å²) >= 11 is 0. The maximum absolute atomic E-state index is 13.5. The molecule has 1 heterocycles. The molecular weight excluding hydrogens is 832 g/mol. The average molecular weight is 901 g/mol. The molecule has 26 nitrogen and oxygen atoms in total. The molecule has 0 aromatic carbocycles. The van der Waals surface area contributed by atoms with Crippen molar-refractivity contribution in [3.63, 3.8) is 0 Å². The largest absolute Gasteiger partial charge is 0.480 e. The highest BCUT2D eigenvalue weighted by atomic mass is 16.4. The molecule has 1 aliphatic rings. The first-order chi connectivity index (χ1) is 29.8. The number of aliphatic hydroxyl groups is 2. The van der Waals surface area contributed by atoms with Gasteiger partial charge in [-0.05, 0) is 84.7 Å². The standard InChI is InChI=1S/C37H68N14O12/c1-20(35(61)51-16-8-12-26(51)33(59)48-24(36(62)63)11-7-15-43-37(41)42)46-31(57)23(10-4-6-14-39)47-28(55)18-44-27(54)17-45-34(60)29(21(2)53)50-32(58)25(19-52)49-30(56)22(40)9-3-5-13-38/h20-26,29,52-53H,3-19,38-40H2,1-2H3,(H,44,54)(H,45,60)(H,46,57)(H,47,55)(H,48,59)(H,49,56)(H,50,58)(H,62,63)(H4,41,42,43)/t20-,21+,22-,23-,24-,25-,26-,29-/m0/s1. The number of nitrogens with zero attached hydrogens (tertiary/aromatic N) is 2. The zero-order valence-corrected chi connectivity index (χ0v) is 35.9. The summed E-state index contributed by atoms with van der Waals surface area (Å²) in [6.07, 6.45) is 1.93. The second-order valence-electron chi connectivity index (χ2n) is 15.0. The zero-order chi connectivity index (χ0) is 47.6. The summed E-state index contributed by atoms with van der Waals surface area (Å²) in [6.45, 7) is 1.36. The summed E-state index contributed by atoms with van der Waals surface area (Å²) in [6, 6.07) is -8.75. The number of nitrogens with two attached hydrogens (primary N) is 5. The molecule has 0 aromatic heterocycles. The summed E-state index contributed by atoms with van der Waals surface area (Å²) < 4.78 is 0. The molecule has 8 atom stereocenters. The van der Waals surface area contributed by atoms with Crippen molar-refractivity contribution in [2.24, 2.45) is 33.7 Å². The predicted molar refractivity (Wildman–Crippen MR) is 226 cm³/mol. The van der Waals surface area contributed by atoms with Crippen LogP contribution in [-0.2, 0) is 43.2 Å². The van der Waals surface area contributed by atoms with Gasteiger partial charge in [0.1, 0.15) is 36.3 Å². The minimum atomic E-state index is -1.63. The van der Waals surface area contributed by atoms with Gasteiger partial charge in [-0.1, -0.05) is 6.42 Å². The maximum atomic E-state index is 13.5. The number of hydrogen-bond donors (Lipinski definition) is 15. The molecular formula is C37H68N14O12. The Morgan fingerprint density at radius 1 is 0.714 bits per heavy atom. The highest BCUT2D eigenvalue weighted by Crippen LogP contribution is 2.19. The van der Waals surface area contributed by atoms with Crippen LogP contribution in [0.5, 0.6) is 0 Å². The molecule has 8 amide bonds. The monoisotopic (exact) mass is 901 g/mol. The number of guanidine groups is 1. The molecule has 1 fully saturated rings. The molecule has 0 saturated carbocycles. The summed E-state index contributed by atoms with van der Waals surface area (Å²) in [4.78, 5) is 120. The van der Waals surface area contributed by atoms with Gasteiger partial charge < -0.3 is 86.1 Å². The number of likely N-dealkylation sites (tertiary alicyclic amines) is 1. The third kappa shape index (κ3) is 20.8. The Morgan fingerprint density at radius 3 is 1.90 bits per heavy atom. The number of aliphatic imine (C=N–C) groups is 1. The summed E-state index contributed by atoms with van der Waals surface area (Å²) in [5.74, 6) is -7.92. The van der Waals surface area contributed by atoms with Crippen LogP contribution in [0.15, 0.2) is 4.99 Å². The number of aliphatic carboxylic acids is 1. The van der Waals surface area contributed by atoms with E-state index in [2.05, 4.69) is 42.2 Å². The summed E-state index contributed by atoms with van der Waals surface area (Å²) in [5.41, 5.74) is 27.4.